The Morgan fingerprint density at radius 1 is 1.19 bits per heavy atom. The lowest BCUT2D eigenvalue weighted by Crippen LogP contribution is -2.50. The lowest BCUT2D eigenvalue weighted by atomic mass is 10.2. The van der Waals surface area contributed by atoms with Gasteiger partial charge in [-0.05, 0) is 24.1 Å². The molecule has 0 atom stereocenters. The molecule has 0 unspecified atom stereocenters. The van der Waals surface area contributed by atoms with Crippen molar-refractivity contribution in [1.29, 1.82) is 0 Å². The van der Waals surface area contributed by atoms with Crippen molar-refractivity contribution in [1.82, 2.24) is 19.5 Å². The molecule has 0 spiro atoms. The van der Waals surface area contributed by atoms with Crippen molar-refractivity contribution in [3.8, 4) is 0 Å². The summed E-state index contributed by atoms with van der Waals surface area (Å²) in [7, 11) is 0. The molecule has 140 valence electrons. The Morgan fingerprint density at radius 2 is 1.96 bits per heavy atom. The lowest BCUT2D eigenvalue weighted by molar-refractivity contribution is -0.131. The van der Waals surface area contributed by atoms with Crippen LogP contribution in [0.25, 0.3) is 4.96 Å². The number of amides is 1. The number of aromatic nitrogens is 3. The Kier molecular flexibility index (Phi) is 4.84. The number of carbonyl (C=O) groups excluding carboxylic acids is 1. The zero-order valence-electron chi connectivity index (χ0n) is 14.8. The molecule has 0 radical (unpaired) electrons. The third-order valence-corrected chi connectivity index (χ3v) is 5.75. The number of aryl methyl sites for hydroxylation is 1. The molecule has 1 aromatic carbocycles. The number of carbonyl (C=O) groups is 1. The number of piperazine rings is 1. The van der Waals surface area contributed by atoms with E-state index >= 15 is 0 Å². The monoisotopic (exact) mass is 403 g/mol. The highest BCUT2D eigenvalue weighted by Crippen LogP contribution is 2.23. The average molecular weight is 404 g/mol. The normalized spacial score (nSPS) is 15.0. The zero-order chi connectivity index (χ0) is 19.0. The summed E-state index contributed by atoms with van der Waals surface area (Å²) in [6, 6.07) is 9.02. The molecule has 27 heavy (non-hydrogen) atoms. The molecule has 9 heteroatoms. The molecule has 0 saturated carbocycles. The first-order valence-corrected chi connectivity index (χ1v) is 9.90. The number of fused-ring (bicyclic) bond motifs is 1. The fraction of sp³-hybridized carbons (Fsp3) is 0.333. The van der Waals surface area contributed by atoms with E-state index in [0.717, 1.165) is 11.3 Å². The highest BCUT2D eigenvalue weighted by molar-refractivity contribution is 7.20. The predicted molar refractivity (Wildman–Crippen MR) is 106 cm³/mol. The number of benzene rings is 1. The maximum Gasteiger partial charge on any atom is 0.275 e. The Balaban J connectivity index is 1.50. The van der Waals surface area contributed by atoms with Crippen LogP contribution in [0.4, 0.5) is 5.13 Å². The number of hydrogen-bond donors (Lipinski definition) is 0. The third kappa shape index (κ3) is 3.68. The largest absolute Gasteiger partial charge is 0.336 e. The fourth-order valence-corrected chi connectivity index (χ4v) is 4.08. The van der Waals surface area contributed by atoms with Gasteiger partial charge in [-0.3, -0.25) is 9.59 Å². The van der Waals surface area contributed by atoms with Gasteiger partial charge in [0.15, 0.2) is 0 Å². The van der Waals surface area contributed by atoms with Gasteiger partial charge >= 0.3 is 0 Å². The van der Waals surface area contributed by atoms with Crippen molar-refractivity contribution in [2.24, 2.45) is 0 Å². The van der Waals surface area contributed by atoms with Gasteiger partial charge in [-0.25, -0.2) is 4.98 Å². The molecule has 0 aliphatic carbocycles. The average Bonchev–Trinajstić information content (AvgIpc) is 3.10. The fourth-order valence-electron chi connectivity index (χ4n) is 3.00. The van der Waals surface area contributed by atoms with Crippen LogP contribution >= 0.6 is 22.9 Å². The van der Waals surface area contributed by atoms with Crippen molar-refractivity contribution >= 4 is 38.9 Å². The molecule has 7 nitrogen and oxygen atoms in total. The first-order chi connectivity index (χ1) is 13.0. The van der Waals surface area contributed by atoms with Gasteiger partial charge in [0.05, 0.1) is 6.54 Å². The van der Waals surface area contributed by atoms with Crippen LogP contribution in [0.2, 0.25) is 5.02 Å². The molecule has 1 amide bonds. The summed E-state index contributed by atoms with van der Waals surface area (Å²) < 4.78 is 1.31. The van der Waals surface area contributed by atoms with E-state index in [-0.39, 0.29) is 18.0 Å². The molecule has 1 aliphatic heterocycles. The van der Waals surface area contributed by atoms with Crippen LogP contribution in [-0.4, -0.2) is 45.0 Å². The van der Waals surface area contributed by atoms with Gasteiger partial charge in [-0.1, -0.05) is 42.0 Å². The van der Waals surface area contributed by atoms with Crippen LogP contribution < -0.4 is 10.5 Å². The van der Waals surface area contributed by atoms with E-state index in [2.05, 4.69) is 10.1 Å². The molecule has 0 bridgehead atoms. The van der Waals surface area contributed by atoms with Gasteiger partial charge in [0.25, 0.3) is 5.56 Å². The summed E-state index contributed by atoms with van der Waals surface area (Å²) >= 11 is 7.25. The molecule has 1 fully saturated rings. The first-order valence-electron chi connectivity index (χ1n) is 8.70. The van der Waals surface area contributed by atoms with Crippen LogP contribution in [0.1, 0.15) is 18.2 Å². The Morgan fingerprint density at radius 3 is 2.67 bits per heavy atom. The van der Waals surface area contributed by atoms with E-state index in [1.165, 1.54) is 21.9 Å². The van der Waals surface area contributed by atoms with Crippen molar-refractivity contribution < 1.29 is 4.79 Å². The van der Waals surface area contributed by atoms with Crippen LogP contribution in [0, 0.1) is 0 Å². The highest BCUT2D eigenvalue weighted by Gasteiger charge is 2.26. The van der Waals surface area contributed by atoms with Gasteiger partial charge in [0.1, 0.15) is 0 Å². The van der Waals surface area contributed by atoms with Gasteiger partial charge in [0.2, 0.25) is 16.0 Å². The zero-order valence-corrected chi connectivity index (χ0v) is 16.3. The van der Waals surface area contributed by atoms with Gasteiger partial charge in [-0.15, -0.1) is 5.10 Å². The van der Waals surface area contributed by atoms with Crippen molar-refractivity contribution in [2.45, 2.75) is 19.9 Å². The molecule has 4 rings (SSSR count). The van der Waals surface area contributed by atoms with E-state index in [4.69, 9.17) is 11.6 Å². The van der Waals surface area contributed by atoms with Crippen molar-refractivity contribution in [2.75, 3.05) is 24.5 Å². The van der Waals surface area contributed by atoms with E-state index < -0.39 is 0 Å². The molecule has 1 aliphatic rings. The number of anilines is 1. The maximum absolute atomic E-state index is 12.6. The summed E-state index contributed by atoms with van der Waals surface area (Å²) in [4.78, 5) is 33.5. The second-order valence-electron chi connectivity index (χ2n) is 6.38. The van der Waals surface area contributed by atoms with E-state index in [1.807, 2.05) is 41.0 Å². The summed E-state index contributed by atoms with van der Waals surface area (Å²) in [5.74, 6) is 0.0324. The summed E-state index contributed by atoms with van der Waals surface area (Å²) in [6.45, 7) is 4.01. The molecular weight excluding hydrogens is 386 g/mol. The molecule has 3 heterocycles. The minimum Gasteiger partial charge on any atom is -0.336 e. The van der Waals surface area contributed by atoms with Crippen LogP contribution in [0.5, 0.6) is 0 Å². The highest BCUT2D eigenvalue weighted by atomic mass is 35.5. The Labute approximate surface area is 164 Å². The lowest BCUT2D eigenvalue weighted by Gasteiger charge is -2.34. The van der Waals surface area contributed by atoms with Gasteiger partial charge in [-0.2, -0.15) is 4.52 Å². The standard InChI is InChI=1S/C18H18ClN5O2S/c1-2-14-9-15(25)24-17(20-14)27-18(21-24)23-8-7-22(16(26)11-23)10-12-3-5-13(19)6-4-12/h3-6,9H,2,7-8,10-11H2,1H3. The number of hydrogen-bond acceptors (Lipinski definition) is 6. The van der Waals surface area contributed by atoms with Crippen LogP contribution in [0.3, 0.4) is 0 Å². The summed E-state index contributed by atoms with van der Waals surface area (Å²) in [6.07, 6.45) is 0.695. The molecular formula is C18H18ClN5O2S. The van der Waals surface area contributed by atoms with E-state index in [1.54, 1.807) is 0 Å². The second kappa shape index (κ2) is 7.28. The Bertz CT molecular complexity index is 1050. The first kappa shape index (κ1) is 17.9. The van der Waals surface area contributed by atoms with Crippen molar-refractivity contribution in [3.63, 3.8) is 0 Å². The summed E-state index contributed by atoms with van der Waals surface area (Å²) in [5, 5.41) is 5.69. The van der Waals surface area contributed by atoms with Crippen LogP contribution in [-0.2, 0) is 17.8 Å². The minimum atomic E-state index is -0.188. The van der Waals surface area contributed by atoms with Crippen molar-refractivity contribution in [3.05, 3.63) is 57.0 Å². The molecule has 3 aromatic rings. The second-order valence-corrected chi connectivity index (χ2v) is 7.75. The topological polar surface area (TPSA) is 70.8 Å². The molecule has 0 N–H and O–H groups in total. The quantitative estimate of drug-likeness (QED) is 0.668. The number of nitrogens with zero attached hydrogens (tertiary/aromatic N) is 5. The summed E-state index contributed by atoms with van der Waals surface area (Å²) in [5.41, 5.74) is 1.61. The Hall–Kier alpha value is -2.45. The molecule has 2 aromatic heterocycles. The van der Waals surface area contributed by atoms with Gasteiger partial charge < -0.3 is 9.80 Å². The maximum atomic E-state index is 12.6. The number of halogens is 1. The minimum absolute atomic E-state index is 0.0324. The number of rotatable bonds is 4. The third-order valence-electron chi connectivity index (χ3n) is 4.53. The predicted octanol–water partition coefficient (Wildman–Crippen LogP) is 2.22. The van der Waals surface area contributed by atoms with E-state index in [9.17, 15) is 9.59 Å². The van der Waals surface area contributed by atoms with Crippen LogP contribution in [0.15, 0.2) is 35.1 Å². The smallest absolute Gasteiger partial charge is 0.275 e. The van der Waals surface area contributed by atoms with Gasteiger partial charge in [0, 0.05) is 36.4 Å². The SMILES string of the molecule is CCc1cc(=O)n2nc(N3CCN(Cc4ccc(Cl)cc4)C(=O)C3)sc2n1. The van der Waals surface area contributed by atoms with E-state index in [0.29, 0.717) is 41.2 Å². The molecule has 1 saturated heterocycles.